The zero-order chi connectivity index (χ0) is 12.1. The second-order valence-corrected chi connectivity index (χ2v) is 4.37. The summed E-state index contributed by atoms with van der Waals surface area (Å²) >= 11 is 3.19. The Bertz CT molecular complexity index is 382. The maximum Gasteiger partial charge on any atom is 0.325 e. The van der Waals surface area contributed by atoms with Crippen molar-refractivity contribution in [2.45, 2.75) is 20.0 Å². The first-order chi connectivity index (χ1) is 7.49. The molecule has 1 N–H and O–H groups in total. The van der Waals surface area contributed by atoms with E-state index in [9.17, 15) is 9.18 Å². The van der Waals surface area contributed by atoms with Gasteiger partial charge in [-0.05, 0) is 48.0 Å². The lowest BCUT2D eigenvalue weighted by Crippen LogP contribution is -2.20. The minimum absolute atomic E-state index is 0.0579. The number of rotatable bonds is 4. The first-order valence-corrected chi connectivity index (χ1v) is 5.66. The number of anilines is 1. The summed E-state index contributed by atoms with van der Waals surface area (Å²) in [5, 5.41) is 2.86. The predicted molar refractivity (Wildman–Crippen MR) is 63.8 cm³/mol. The van der Waals surface area contributed by atoms with E-state index in [1.54, 1.807) is 19.9 Å². The summed E-state index contributed by atoms with van der Waals surface area (Å²) in [5.41, 5.74) is 0.655. The highest BCUT2D eigenvalue weighted by molar-refractivity contribution is 9.10. The van der Waals surface area contributed by atoms with Gasteiger partial charge in [-0.15, -0.1) is 0 Å². The summed E-state index contributed by atoms with van der Waals surface area (Å²) in [6, 6.07) is 4.21. The lowest BCUT2D eigenvalue weighted by atomic mass is 10.3. The first kappa shape index (κ1) is 13.0. The summed E-state index contributed by atoms with van der Waals surface area (Å²) < 4.78 is 18.3. The molecule has 0 fully saturated rings. The van der Waals surface area contributed by atoms with Gasteiger partial charge in [0.05, 0.1) is 6.10 Å². The van der Waals surface area contributed by atoms with Crippen LogP contribution < -0.4 is 5.32 Å². The summed E-state index contributed by atoms with van der Waals surface area (Å²) in [6.45, 7) is 3.62. The van der Waals surface area contributed by atoms with Crippen molar-refractivity contribution in [2.24, 2.45) is 0 Å². The fourth-order valence-electron chi connectivity index (χ4n) is 1.10. The van der Waals surface area contributed by atoms with E-state index in [2.05, 4.69) is 21.2 Å². The van der Waals surface area contributed by atoms with Gasteiger partial charge in [0.15, 0.2) is 0 Å². The van der Waals surface area contributed by atoms with Gasteiger partial charge in [0, 0.05) is 10.2 Å². The van der Waals surface area contributed by atoms with E-state index in [0.717, 1.165) is 0 Å². The van der Waals surface area contributed by atoms with Crippen LogP contribution in [0.5, 0.6) is 0 Å². The summed E-state index contributed by atoms with van der Waals surface area (Å²) in [7, 11) is 0. The van der Waals surface area contributed by atoms with Gasteiger partial charge in [0.2, 0.25) is 0 Å². The van der Waals surface area contributed by atoms with Crippen LogP contribution >= 0.6 is 15.9 Å². The smallest absolute Gasteiger partial charge is 0.325 e. The molecular weight excluding hydrogens is 277 g/mol. The highest BCUT2D eigenvalue weighted by Gasteiger charge is 2.06. The van der Waals surface area contributed by atoms with Crippen LogP contribution in [-0.4, -0.2) is 18.6 Å². The molecule has 0 aliphatic carbocycles. The van der Waals surface area contributed by atoms with Gasteiger partial charge in [-0.1, -0.05) is 0 Å². The quantitative estimate of drug-likeness (QED) is 0.866. The molecule has 1 rings (SSSR count). The van der Waals surface area contributed by atoms with Crippen LogP contribution in [0.2, 0.25) is 0 Å². The number of halogens is 2. The van der Waals surface area contributed by atoms with Gasteiger partial charge >= 0.3 is 5.97 Å². The topological polar surface area (TPSA) is 38.3 Å². The fourth-order valence-corrected chi connectivity index (χ4v) is 1.60. The van der Waals surface area contributed by atoms with E-state index >= 15 is 0 Å². The van der Waals surface area contributed by atoms with E-state index in [-0.39, 0.29) is 24.4 Å². The molecule has 3 nitrogen and oxygen atoms in total. The van der Waals surface area contributed by atoms with Crippen molar-refractivity contribution >= 4 is 27.6 Å². The van der Waals surface area contributed by atoms with E-state index in [1.165, 1.54) is 12.1 Å². The Morgan fingerprint density at radius 1 is 1.56 bits per heavy atom. The van der Waals surface area contributed by atoms with Gasteiger partial charge in [-0.25, -0.2) is 4.39 Å². The van der Waals surface area contributed by atoms with Crippen molar-refractivity contribution in [1.82, 2.24) is 0 Å². The van der Waals surface area contributed by atoms with Crippen LogP contribution in [0.15, 0.2) is 22.7 Å². The van der Waals surface area contributed by atoms with Crippen LogP contribution in [-0.2, 0) is 9.53 Å². The van der Waals surface area contributed by atoms with Gasteiger partial charge in [0.25, 0.3) is 0 Å². The Morgan fingerprint density at radius 2 is 2.25 bits per heavy atom. The standard InChI is InChI=1S/C11H13BrFNO2/c1-7(2)16-11(15)6-14-10-4-3-8(13)5-9(10)12/h3-5,7,14H,6H2,1-2H3. The highest BCUT2D eigenvalue weighted by Crippen LogP contribution is 2.22. The second kappa shape index (κ2) is 5.84. The SMILES string of the molecule is CC(C)OC(=O)CNc1ccc(F)cc1Br. The summed E-state index contributed by atoms with van der Waals surface area (Å²) in [6.07, 6.45) is -0.133. The number of benzene rings is 1. The molecule has 0 aromatic heterocycles. The van der Waals surface area contributed by atoms with E-state index in [0.29, 0.717) is 10.2 Å². The molecule has 16 heavy (non-hydrogen) atoms. The average Bonchev–Trinajstić information content (AvgIpc) is 2.15. The third-order valence-electron chi connectivity index (χ3n) is 1.72. The predicted octanol–water partition coefficient (Wildman–Crippen LogP) is 2.95. The molecule has 0 saturated carbocycles. The Hall–Kier alpha value is -1.10. The number of esters is 1. The van der Waals surface area contributed by atoms with Crippen LogP contribution in [0, 0.1) is 5.82 Å². The lowest BCUT2D eigenvalue weighted by Gasteiger charge is -2.10. The van der Waals surface area contributed by atoms with Gasteiger partial charge in [-0.3, -0.25) is 4.79 Å². The monoisotopic (exact) mass is 289 g/mol. The van der Waals surface area contributed by atoms with Crippen molar-refractivity contribution in [3.8, 4) is 0 Å². The van der Waals surface area contributed by atoms with E-state index in [4.69, 9.17) is 4.74 Å². The molecule has 0 unspecified atom stereocenters. The number of hydrogen-bond acceptors (Lipinski definition) is 3. The third-order valence-corrected chi connectivity index (χ3v) is 2.38. The van der Waals surface area contributed by atoms with Crippen LogP contribution in [0.4, 0.5) is 10.1 Å². The largest absolute Gasteiger partial charge is 0.462 e. The Balaban J connectivity index is 2.51. The van der Waals surface area contributed by atoms with Crippen LogP contribution in [0.3, 0.4) is 0 Å². The highest BCUT2D eigenvalue weighted by atomic mass is 79.9. The zero-order valence-electron chi connectivity index (χ0n) is 9.09. The van der Waals surface area contributed by atoms with Crippen LogP contribution in [0.25, 0.3) is 0 Å². The normalized spacial score (nSPS) is 10.3. The van der Waals surface area contributed by atoms with Gasteiger partial charge < -0.3 is 10.1 Å². The van der Waals surface area contributed by atoms with E-state index < -0.39 is 0 Å². The van der Waals surface area contributed by atoms with Crippen molar-refractivity contribution in [2.75, 3.05) is 11.9 Å². The number of carbonyl (C=O) groups excluding carboxylic acids is 1. The third kappa shape index (κ3) is 4.18. The Morgan fingerprint density at radius 3 is 2.81 bits per heavy atom. The average molecular weight is 290 g/mol. The maximum absolute atomic E-state index is 12.8. The molecule has 88 valence electrons. The molecule has 0 aliphatic rings. The number of carbonyl (C=O) groups is 1. The Kier molecular flexibility index (Phi) is 4.73. The molecule has 0 aliphatic heterocycles. The molecule has 0 radical (unpaired) electrons. The molecule has 5 heteroatoms. The number of ether oxygens (including phenoxy) is 1. The van der Waals surface area contributed by atoms with Crippen molar-refractivity contribution in [3.05, 3.63) is 28.5 Å². The summed E-state index contributed by atoms with van der Waals surface area (Å²) in [4.78, 5) is 11.2. The molecule has 0 saturated heterocycles. The molecule has 0 atom stereocenters. The summed E-state index contributed by atoms with van der Waals surface area (Å²) in [5.74, 6) is -0.673. The van der Waals surface area contributed by atoms with Crippen molar-refractivity contribution in [1.29, 1.82) is 0 Å². The second-order valence-electron chi connectivity index (χ2n) is 3.52. The van der Waals surface area contributed by atoms with Crippen molar-refractivity contribution < 1.29 is 13.9 Å². The number of hydrogen-bond donors (Lipinski definition) is 1. The molecular formula is C11H13BrFNO2. The van der Waals surface area contributed by atoms with Gasteiger partial charge in [-0.2, -0.15) is 0 Å². The Labute approximate surface area is 102 Å². The molecule has 0 heterocycles. The van der Waals surface area contributed by atoms with Crippen LogP contribution in [0.1, 0.15) is 13.8 Å². The molecule has 0 bridgehead atoms. The van der Waals surface area contributed by atoms with E-state index in [1.807, 2.05) is 0 Å². The maximum atomic E-state index is 12.8. The zero-order valence-corrected chi connectivity index (χ0v) is 10.7. The van der Waals surface area contributed by atoms with Crippen molar-refractivity contribution in [3.63, 3.8) is 0 Å². The minimum atomic E-state index is -0.341. The molecule has 0 spiro atoms. The molecule has 1 aromatic rings. The molecule has 1 aromatic carbocycles. The number of nitrogens with one attached hydrogen (secondary N) is 1. The lowest BCUT2D eigenvalue weighted by molar-refractivity contribution is -0.145. The van der Waals surface area contributed by atoms with Gasteiger partial charge in [0.1, 0.15) is 12.4 Å². The molecule has 0 amide bonds. The first-order valence-electron chi connectivity index (χ1n) is 4.87. The minimum Gasteiger partial charge on any atom is -0.462 e. The fraction of sp³-hybridized carbons (Fsp3) is 0.364.